The lowest BCUT2D eigenvalue weighted by Gasteiger charge is -2.41. The third kappa shape index (κ3) is 4.88. The average molecular weight is 410 g/mol. The summed E-state index contributed by atoms with van der Waals surface area (Å²) in [6.07, 6.45) is 10.9. The van der Waals surface area contributed by atoms with E-state index in [2.05, 4.69) is 50.7 Å². The second-order valence-electron chi connectivity index (χ2n) is 9.71. The summed E-state index contributed by atoms with van der Waals surface area (Å²) in [6, 6.07) is 0. The molecule has 1 saturated heterocycles. The summed E-state index contributed by atoms with van der Waals surface area (Å²) in [7, 11) is 0. The van der Waals surface area contributed by atoms with Crippen LogP contribution in [0.25, 0.3) is 0 Å². The van der Waals surface area contributed by atoms with Gasteiger partial charge in [0.25, 0.3) is 5.91 Å². The van der Waals surface area contributed by atoms with E-state index in [1.165, 1.54) is 22.9 Å². The van der Waals surface area contributed by atoms with Crippen LogP contribution in [0, 0.1) is 17.3 Å². The molecule has 0 N–H and O–H groups in total. The highest BCUT2D eigenvalue weighted by Crippen LogP contribution is 2.45. The third-order valence-electron chi connectivity index (χ3n) is 6.66. The van der Waals surface area contributed by atoms with E-state index >= 15 is 0 Å². The predicted octanol–water partition coefficient (Wildman–Crippen LogP) is 5.01. The molecule has 0 bridgehead atoms. The highest BCUT2D eigenvalue weighted by atomic mass is 16.2. The van der Waals surface area contributed by atoms with Gasteiger partial charge >= 0.3 is 0 Å². The molecule has 1 aliphatic heterocycles. The van der Waals surface area contributed by atoms with E-state index in [-0.39, 0.29) is 17.2 Å². The fraction of sp³-hybridized carbons (Fsp3) is 0.600. The first-order valence-corrected chi connectivity index (χ1v) is 11.2. The van der Waals surface area contributed by atoms with Gasteiger partial charge in [-0.2, -0.15) is 0 Å². The molecule has 0 aromatic carbocycles. The molecule has 3 rings (SSSR count). The van der Waals surface area contributed by atoms with Crippen molar-refractivity contribution in [3.63, 3.8) is 0 Å². The van der Waals surface area contributed by atoms with Gasteiger partial charge in [-0.15, -0.1) is 0 Å². The molecule has 2 atom stereocenters. The molecular weight excluding hydrogens is 374 g/mol. The van der Waals surface area contributed by atoms with Crippen LogP contribution in [-0.4, -0.2) is 39.6 Å². The van der Waals surface area contributed by atoms with Crippen molar-refractivity contribution in [1.82, 2.24) is 14.9 Å². The van der Waals surface area contributed by atoms with Gasteiger partial charge in [-0.05, 0) is 50.9 Å². The van der Waals surface area contributed by atoms with Crippen LogP contribution in [0.5, 0.6) is 0 Å². The van der Waals surface area contributed by atoms with Crippen LogP contribution in [0.1, 0.15) is 77.2 Å². The van der Waals surface area contributed by atoms with Gasteiger partial charge in [-0.25, -0.2) is 4.98 Å². The summed E-state index contributed by atoms with van der Waals surface area (Å²) < 4.78 is 0. The van der Waals surface area contributed by atoms with Gasteiger partial charge in [-0.1, -0.05) is 43.6 Å². The Bertz CT molecular complexity index is 854. The topological polar surface area (TPSA) is 63.2 Å². The largest absolute Gasteiger partial charge is 0.337 e. The van der Waals surface area contributed by atoms with Crippen LogP contribution < -0.4 is 0 Å². The standard InChI is InChI=1S/C25H35N3O2/c1-17-14-18(2)22(19(3)15-17)23-21(29)8-6-12-28(13-7-9-25(23,4)5)24(30)20-16-26-10-11-27-20/h10-11,14,16,19,23H,6-9,12-13,15H2,1-5H3. The Morgan fingerprint density at radius 3 is 2.57 bits per heavy atom. The molecule has 1 amide bonds. The summed E-state index contributed by atoms with van der Waals surface area (Å²) in [4.78, 5) is 36.4. The van der Waals surface area contributed by atoms with Crippen molar-refractivity contribution in [2.75, 3.05) is 13.1 Å². The molecule has 0 spiro atoms. The fourth-order valence-electron chi connectivity index (χ4n) is 5.38. The minimum Gasteiger partial charge on any atom is -0.337 e. The van der Waals surface area contributed by atoms with Crippen molar-refractivity contribution < 1.29 is 9.59 Å². The Morgan fingerprint density at radius 2 is 1.90 bits per heavy atom. The molecule has 2 aliphatic rings. The normalized spacial score (nSPS) is 25.7. The lowest BCUT2D eigenvalue weighted by atomic mass is 9.64. The number of carbonyl (C=O) groups is 2. The number of aromatic nitrogens is 2. The van der Waals surface area contributed by atoms with Gasteiger partial charge in [0.2, 0.25) is 0 Å². The maximum absolute atomic E-state index is 13.5. The number of Topliss-reactive ketones (excluding diaryl/α,β-unsaturated/α-hetero) is 1. The van der Waals surface area contributed by atoms with Crippen LogP contribution in [0.4, 0.5) is 0 Å². The second kappa shape index (κ2) is 9.23. The average Bonchev–Trinajstić information content (AvgIpc) is 2.68. The highest BCUT2D eigenvalue weighted by molar-refractivity contribution is 5.92. The molecule has 5 heteroatoms. The lowest BCUT2D eigenvalue weighted by Crippen LogP contribution is -2.40. The van der Waals surface area contributed by atoms with E-state index in [4.69, 9.17) is 0 Å². The van der Waals surface area contributed by atoms with Crippen LogP contribution >= 0.6 is 0 Å². The van der Waals surface area contributed by atoms with Gasteiger partial charge in [0.15, 0.2) is 0 Å². The second-order valence-corrected chi connectivity index (χ2v) is 9.71. The minimum atomic E-state index is -0.139. The molecule has 0 radical (unpaired) electrons. The SMILES string of the molecule is CC1=CC(C)=C(C2C(=O)CCCN(C(=O)c3cnccn3)CCCC2(C)C)C(C)C1. The quantitative estimate of drug-likeness (QED) is 0.689. The highest BCUT2D eigenvalue weighted by Gasteiger charge is 2.40. The molecule has 1 fully saturated rings. The zero-order valence-corrected chi connectivity index (χ0v) is 19.1. The predicted molar refractivity (Wildman–Crippen MR) is 119 cm³/mol. The van der Waals surface area contributed by atoms with Gasteiger partial charge in [0.1, 0.15) is 11.5 Å². The van der Waals surface area contributed by atoms with Crippen molar-refractivity contribution in [2.24, 2.45) is 17.3 Å². The fourth-order valence-corrected chi connectivity index (χ4v) is 5.38. The molecule has 162 valence electrons. The number of amides is 1. The molecular formula is C25H35N3O2. The van der Waals surface area contributed by atoms with E-state index in [0.717, 1.165) is 19.3 Å². The molecule has 30 heavy (non-hydrogen) atoms. The smallest absolute Gasteiger partial charge is 0.274 e. The Labute approximate surface area is 180 Å². The first kappa shape index (κ1) is 22.4. The number of rotatable bonds is 2. The number of nitrogens with zero attached hydrogens (tertiary/aromatic N) is 3. The van der Waals surface area contributed by atoms with Crippen molar-refractivity contribution in [3.05, 3.63) is 47.1 Å². The van der Waals surface area contributed by atoms with E-state index < -0.39 is 0 Å². The molecule has 0 saturated carbocycles. The summed E-state index contributed by atoms with van der Waals surface area (Å²) in [5, 5.41) is 0. The number of allylic oxidation sites excluding steroid dienone is 4. The first-order chi connectivity index (χ1) is 14.2. The minimum absolute atomic E-state index is 0.0425. The van der Waals surface area contributed by atoms with E-state index in [1.807, 2.05) is 4.90 Å². The van der Waals surface area contributed by atoms with E-state index in [9.17, 15) is 9.59 Å². The zero-order chi connectivity index (χ0) is 21.9. The van der Waals surface area contributed by atoms with Crippen LogP contribution in [0.2, 0.25) is 0 Å². The molecule has 5 nitrogen and oxygen atoms in total. The van der Waals surface area contributed by atoms with Gasteiger partial charge in [0, 0.05) is 37.8 Å². The van der Waals surface area contributed by atoms with Crippen molar-refractivity contribution >= 4 is 11.7 Å². The Kier molecular flexibility index (Phi) is 6.89. The lowest BCUT2D eigenvalue weighted by molar-refractivity contribution is -0.125. The number of carbonyl (C=O) groups excluding carboxylic acids is 2. The van der Waals surface area contributed by atoms with Crippen molar-refractivity contribution in [3.8, 4) is 0 Å². The van der Waals surface area contributed by atoms with E-state index in [0.29, 0.717) is 43.3 Å². The van der Waals surface area contributed by atoms with Gasteiger partial charge in [-0.3, -0.25) is 14.6 Å². The van der Waals surface area contributed by atoms with Crippen LogP contribution in [0.3, 0.4) is 0 Å². The maximum Gasteiger partial charge on any atom is 0.274 e. The third-order valence-corrected chi connectivity index (χ3v) is 6.66. The van der Waals surface area contributed by atoms with Gasteiger partial charge < -0.3 is 4.90 Å². The van der Waals surface area contributed by atoms with Crippen molar-refractivity contribution in [2.45, 2.75) is 66.7 Å². The number of hydrogen-bond donors (Lipinski definition) is 0. The molecule has 1 aromatic rings. The summed E-state index contributed by atoms with van der Waals surface area (Å²) in [5.41, 5.74) is 4.24. The Hall–Kier alpha value is -2.30. The Morgan fingerprint density at radius 1 is 1.17 bits per heavy atom. The monoisotopic (exact) mass is 409 g/mol. The zero-order valence-electron chi connectivity index (χ0n) is 19.1. The maximum atomic E-state index is 13.5. The molecule has 2 heterocycles. The van der Waals surface area contributed by atoms with Crippen LogP contribution in [0.15, 0.2) is 41.4 Å². The summed E-state index contributed by atoms with van der Waals surface area (Å²) >= 11 is 0. The summed E-state index contributed by atoms with van der Waals surface area (Å²) in [5.74, 6) is 0.591. The first-order valence-electron chi connectivity index (χ1n) is 11.2. The number of hydrogen-bond acceptors (Lipinski definition) is 4. The Balaban J connectivity index is 1.82. The van der Waals surface area contributed by atoms with Gasteiger partial charge in [0.05, 0.1) is 6.20 Å². The number of ketones is 1. The van der Waals surface area contributed by atoms with Crippen molar-refractivity contribution in [1.29, 1.82) is 0 Å². The van der Waals surface area contributed by atoms with Crippen LogP contribution in [-0.2, 0) is 4.79 Å². The molecule has 1 aliphatic carbocycles. The molecule has 1 aromatic heterocycles. The van der Waals surface area contributed by atoms with E-state index in [1.54, 1.807) is 12.4 Å². The molecule has 2 unspecified atom stereocenters. The summed E-state index contributed by atoms with van der Waals surface area (Å²) in [6.45, 7) is 12.3.